The summed E-state index contributed by atoms with van der Waals surface area (Å²) in [6.07, 6.45) is 3.88. The summed E-state index contributed by atoms with van der Waals surface area (Å²) in [6.45, 7) is 3.51. The molecule has 2 amide bonds. The number of hydrogen-bond acceptors (Lipinski definition) is 8. The van der Waals surface area contributed by atoms with Gasteiger partial charge in [0.25, 0.3) is 5.91 Å². The van der Waals surface area contributed by atoms with Gasteiger partial charge in [0.05, 0.1) is 11.2 Å². The van der Waals surface area contributed by atoms with Gasteiger partial charge >= 0.3 is 0 Å². The van der Waals surface area contributed by atoms with Crippen LogP contribution in [0.5, 0.6) is 5.75 Å². The van der Waals surface area contributed by atoms with Crippen LogP contribution in [0.15, 0.2) is 76.7 Å². The van der Waals surface area contributed by atoms with Crippen molar-refractivity contribution in [3.05, 3.63) is 99.2 Å². The first-order valence-corrected chi connectivity index (χ1v) is 18.6. The normalized spacial score (nSPS) is 16.8. The number of nitrogens with zero attached hydrogens (tertiary/aromatic N) is 4. The second kappa shape index (κ2) is 17.9. The van der Waals surface area contributed by atoms with E-state index in [1.54, 1.807) is 30.3 Å². The van der Waals surface area contributed by atoms with Gasteiger partial charge in [-0.3, -0.25) is 9.59 Å². The number of benzene rings is 3. The van der Waals surface area contributed by atoms with Crippen LogP contribution >= 0.6 is 48.0 Å². The Morgan fingerprint density at radius 3 is 2.44 bits per heavy atom. The van der Waals surface area contributed by atoms with E-state index in [0.717, 1.165) is 29.5 Å². The number of pyridine rings is 1. The molecule has 3 aromatic carbocycles. The number of hydrazone groups is 1. The van der Waals surface area contributed by atoms with Crippen molar-refractivity contribution in [3.63, 3.8) is 0 Å². The minimum Gasteiger partial charge on any atom is -0.487 e. The summed E-state index contributed by atoms with van der Waals surface area (Å²) in [4.78, 5) is 32.7. The number of aryl methyl sites for hydroxylation is 1. The number of amides is 2. The quantitative estimate of drug-likeness (QED) is 0.107. The Kier molecular flexibility index (Phi) is 14.2. The second-order valence-corrected chi connectivity index (χ2v) is 15.2. The molecule has 3 N–H and O–H groups in total. The smallest absolute Gasteiger partial charge is 0.253 e. The molecule has 278 valence electrons. The van der Waals surface area contributed by atoms with Gasteiger partial charge in [0.1, 0.15) is 28.8 Å². The Morgan fingerprint density at radius 2 is 1.73 bits per heavy atom. The van der Waals surface area contributed by atoms with Gasteiger partial charge in [0, 0.05) is 53.4 Å². The van der Waals surface area contributed by atoms with E-state index < -0.39 is 16.1 Å². The largest absolute Gasteiger partial charge is 0.487 e. The van der Waals surface area contributed by atoms with Crippen molar-refractivity contribution in [1.82, 2.24) is 19.5 Å². The van der Waals surface area contributed by atoms with E-state index in [0.29, 0.717) is 54.9 Å². The van der Waals surface area contributed by atoms with E-state index in [1.807, 2.05) is 36.1 Å². The molecule has 2 fully saturated rings. The first kappa shape index (κ1) is 41.1. The molecule has 0 saturated carbocycles. The molecule has 0 bridgehead atoms. The number of nitrogens with one attached hydrogen (secondary N) is 1. The number of fused-ring (bicyclic) bond motifs is 1. The molecule has 1 atom stereocenters. The number of likely N-dealkylation sites (tertiary alicyclic amines) is 1. The molecular formula is C36H40Cl4N6O5S. The van der Waals surface area contributed by atoms with Crippen molar-refractivity contribution in [1.29, 1.82) is 0 Å². The number of aromatic nitrogens is 1. The van der Waals surface area contributed by atoms with Crippen LogP contribution < -0.4 is 15.9 Å². The average Bonchev–Trinajstić information content (AvgIpc) is 3.62. The van der Waals surface area contributed by atoms with Gasteiger partial charge in [-0.2, -0.15) is 9.41 Å². The Labute approximate surface area is 325 Å². The Balaban J connectivity index is 0.00000302. The first-order valence-electron chi connectivity index (χ1n) is 16.4. The monoisotopic (exact) mass is 808 g/mol. The topological polar surface area (TPSA) is 147 Å². The summed E-state index contributed by atoms with van der Waals surface area (Å²) < 4.78 is 35.3. The van der Waals surface area contributed by atoms with Crippen molar-refractivity contribution in [3.8, 4) is 5.75 Å². The maximum atomic E-state index is 14.0. The predicted octanol–water partition coefficient (Wildman–Crippen LogP) is 6.39. The van der Waals surface area contributed by atoms with Gasteiger partial charge < -0.3 is 20.8 Å². The standard InChI is InChI=1S/C36H38Cl2N6O5S.2ClH/c1-23-7-10-26-4-2-6-31(34(26)42-23)49-22-28-29(37)13-14-32(33(28)38)50(47,48)44-17-3-5-30(44)35(45)40-20-25-15-18-43(19-16-25)36(46)27-11-8-24(9-12-27)21-41-39;;/h2,4,6-14,21,25,30H,3,5,15-20,22,39H2,1H3,(H,40,45);2*1H/t30-;;/m0../s1. The maximum absolute atomic E-state index is 14.0. The van der Waals surface area contributed by atoms with Gasteiger partial charge in [-0.15, -0.1) is 24.8 Å². The fraction of sp³-hybridized carbons (Fsp3) is 0.333. The van der Waals surface area contributed by atoms with Crippen molar-refractivity contribution in [2.45, 2.75) is 50.2 Å². The Bertz CT molecular complexity index is 2040. The number of rotatable bonds is 10. The molecule has 1 aromatic heterocycles. The van der Waals surface area contributed by atoms with E-state index in [4.69, 9.17) is 33.8 Å². The van der Waals surface area contributed by atoms with E-state index in [-0.39, 0.29) is 70.6 Å². The lowest BCUT2D eigenvalue weighted by Gasteiger charge is -2.32. The third kappa shape index (κ3) is 8.92. The van der Waals surface area contributed by atoms with Crippen LogP contribution in [0, 0.1) is 12.8 Å². The third-order valence-corrected chi connectivity index (χ3v) is 12.1. The van der Waals surface area contributed by atoms with Crippen LogP contribution in [0.4, 0.5) is 0 Å². The highest BCUT2D eigenvalue weighted by molar-refractivity contribution is 7.89. The molecule has 0 spiro atoms. The highest BCUT2D eigenvalue weighted by Crippen LogP contribution is 2.36. The lowest BCUT2D eigenvalue weighted by atomic mass is 9.96. The van der Waals surface area contributed by atoms with Crippen molar-refractivity contribution in [2.75, 3.05) is 26.2 Å². The van der Waals surface area contributed by atoms with E-state index in [9.17, 15) is 18.0 Å². The Morgan fingerprint density at radius 1 is 1.00 bits per heavy atom. The number of hydrogen-bond donors (Lipinski definition) is 2. The van der Waals surface area contributed by atoms with Crippen LogP contribution in [0.2, 0.25) is 10.0 Å². The lowest BCUT2D eigenvalue weighted by Crippen LogP contribution is -2.48. The van der Waals surface area contributed by atoms with E-state index in [1.165, 1.54) is 22.7 Å². The summed E-state index contributed by atoms with van der Waals surface area (Å²) in [5, 5.41) is 7.60. The molecule has 0 aliphatic carbocycles. The zero-order valence-corrected chi connectivity index (χ0v) is 32.3. The van der Waals surface area contributed by atoms with Crippen LogP contribution in [0.3, 0.4) is 0 Å². The molecule has 6 rings (SSSR count). The minimum atomic E-state index is -4.16. The van der Waals surface area contributed by atoms with Gasteiger partial charge in [0.15, 0.2) is 0 Å². The van der Waals surface area contributed by atoms with Crippen LogP contribution in [0.25, 0.3) is 10.9 Å². The van der Waals surface area contributed by atoms with Crippen LogP contribution in [-0.4, -0.2) is 72.9 Å². The summed E-state index contributed by atoms with van der Waals surface area (Å²) >= 11 is 13.3. The molecular weight excluding hydrogens is 770 g/mol. The molecule has 4 aromatic rings. The molecule has 3 heterocycles. The van der Waals surface area contributed by atoms with Gasteiger partial charge in [-0.05, 0) is 80.5 Å². The fourth-order valence-electron chi connectivity index (χ4n) is 6.49. The molecule has 52 heavy (non-hydrogen) atoms. The summed E-state index contributed by atoms with van der Waals surface area (Å²) in [5.74, 6) is 5.47. The SMILES string of the molecule is Cc1ccc2cccc(OCc3c(Cl)ccc(S(=O)(=O)N4CCC[C@H]4C(=O)NCC4CCN(C(=O)c5ccc(C=NN)cc5)CC4)c3Cl)c2n1.Cl.Cl. The molecule has 16 heteroatoms. The van der Waals surface area contributed by atoms with E-state index >= 15 is 0 Å². The number of piperidine rings is 1. The average molecular weight is 811 g/mol. The van der Waals surface area contributed by atoms with Crippen molar-refractivity contribution >= 4 is 87.0 Å². The summed E-state index contributed by atoms with van der Waals surface area (Å²) in [7, 11) is -4.16. The molecule has 2 aliphatic heterocycles. The summed E-state index contributed by atoms with van der Waals surface area (Å²) in [5.41, 5.74) is 3.23. The van der Waals surface area contributed by atoms with Crippen LogP contribution in [-0.2, 0) is 21.4 Å². The van der Waals surface area contributed by atoms with Gasteiger partial charge in [-0.25, -0.2) is 13.4 Å². The third-order valence-electron chi connectivity index (χ3n) is 9.29. The van der Waals surface area contributed by atoms with Crippen molar-refractivity contribution < 1.29 is 22.7 Å². The Hall–Kier alpha value is -3.65. The number of carbonyl (C=O) groups is 2. The molecule has 2 saturated heterocycles. The zero-order chi connectivity index (χ0) is 35.4. The number of carbonyl (C=O) groups excluding carboxylic acids is 2. The van der Waals surface area contributed by atoms with Crippen molar-refractivity contribution in [2.24, 2.45) is 16.9 Å². The number of ether oxygens (including phenoxy) is 1. The molecule has 0 radical (unpaired) electrons. The zero-order valence-electron chi connectivity index (χ0n) is 28.3. The summed E-state index contributed by atoms with van der Waals surface area (Å²) in [6, 6.07) is 18.5. The highest BCUT2D eigenvalue weighted by atomic mass is 35.5. The fourth-order valence-corrected chi connectivity index (χ4v) is 9.01. The lowest BCUT2D eigenvalue weighted by molar-refractivity contribution is -0.124. The van der Waals surface area contributed by atoms with Gasteiger partial charge in [-0.1, -0.05) is 53.5 Å². The van der Waals surface area contributed by atoms with Crippen LogP contribution in [0.1, 0.15) is 52.9 Å². The number of para-hydroxylation sites is 1. The number of halogens is 4. The molecule has 2 aliphatic rings. The number of nitrogens with two attached hydrogens (primary N) is 1. The second-order valence-electron chi connectivity index (χ2n) is 12.6. The molecule has 0 unspecified atom stereocenters. The minimum absolute atomic E-state index is 0. The van der Waals surface area contributed by atoms with E-state index in [2.05, 4.69) is 15.4 Å². The highest BCUT2D eigenvalue weighted by Gasteiger charge is 2.41. The first-order chi connectivity index (χ1) is 24.1. The predicted molar refractivity (Wildman–Crippen MR) is 209 cm³/mol. The molecule has 11 nitrogen and oxygen atoms in total. The van der Waals surface area contributed by atoms with Gasteiger partial charge in [0.2, 0.25) is 15.9 Å². The number of sulfonamides is 1. The maximum Gasteiger partial charge on any atom is 0.253 e.